The summed E-state index contributed by atoms with van der Waals surface area (Å²) in [4.78, 5) is 13.6. The molecular weight excluding hydrogens is 332 g/mol. The van der Waals surface area contributed by atoms with Crippen molar-refractivity contribution in [3.05, 3.63) is 28.8 Å². The van der Waals surface area contributed by atoms with E-state index in [0.717, 1.165) is 37.1 Å². The number of hydrogen-bond acceptors (Lipinski definition) is 5. The van der Waals surface area contributed by atoms with Crippen molar-refractivity contribution in [1.29, 1.82) is 0 Å². The Hall–Kier alpha value is -1.63. The van der Waals surface area contributed by atoms with Gasteiger partial charge in [-0.05, 0) is 55.5 Å². The second-order valence-electron chi connectivity index (χ2n) is 7.64. The number of nitrogens with one attached hydrogen (secondary N) is 1. The van der Waals surface area contributed by atoms with Crippen LogP contribution in [0.3, 0.4) is 0 Å². The van der Waals surface area contributed by atoms with Crippen molar-refractivity contribution in [3.63, 3.8) is 0 Å². The van der Waals surface area contributed by atoms with Crippen LogP contribution < -0.4 is 5.32 Å². The molecule has 0 bridgehead atoms. The number of ether oxygens (including phenoxy) is 2. The van der Waals surface area contributed by atoms with Crippen LogP contribution in [-0.4, -0.2) is 60.5 Å². The molecule has 6 nitrogen and oxygen atoms in total. The lowest BCUT2D eigenvalue weighted by Gasteiger charge is -2.31. The number of aromatic hydroxyl groups is 1. The van der Waals surface area contributed by atoms with Crippen molar-refractivity contribution >= 4 is 5.91 Å². The van der Waals surface area contributed by atoms with E-state index in [0.29, 0.717) is 32.1 Å². The quantitative estimate of drug-likeness (QED) is 0.856. The Morgan fingerprint density at radius 2 is 2.12 bits per heavy atom. The lowest BCUT2D eigenvalue weighted by atomic mass is 10.00. The molecule has 1 aromatic carbocycles. The van der Waals surface area contributed by atoms with E-state index in [9.17, 15) is 9.90 Å². The summed E-state index contributed by atoms with van der Waals surface area (Å²) in [5.74, 6) is 0.395. The molecule has 1 amide bonds. The molecule has 1 aromatic rings. The standard InChI is InChI=1S/C20H30N2O4/c1-14-8-17(24)9-15(2)19(14)11-21-10-18-4-5-20(26-18)12-22(16(3)23)6-7-25-13-20/h8-9,18,21,24H,4-7,10-13H2,1-3H3/t18-,20+/m0/s1. The smallest absolute Gasteiger partial charge is 0.219 e. The first kappa shape index (κ1) is 19.1. The minimum absolute atomic E-state index is 0.0818. The molecule has 0 radical (unpaired) electrons. The molecule has 0 aromatic heterocycles. The molecule has 2 aliphatic heterocycles. The molecule has 2 fully saturated rings. The van der Waals surface area contributed by atoms with E-state index in [-0.39, 0.29) is 17.6 Å². The first-order chi connectivity index (χ1) is 12.4. The van der Waals surface area contributed by atoms with Crippen LogP contribution in [0.5, 0.6) is 5.75 Å². The highest BCUT2D eigenvalue weighted by Crippen LogP contribution is 2.33. The fraction of sp³-hybridized carbons (Fsp3) is 0.650. The summed E-state index contributed by atoms with van der Waals surface area (Å²) in [5, 5.41) is 13.1. The summed E-state index contributed by atoms with van der Waals surface area (Å²) >= 11 is 0. The zero-order chi connectivity index (χ0) is 18.7. The van der Waals surface area contributed by atoms with E-state index in [1.165, 1.54) is 5.56 Å². The normalized spacial score (nSPS) is 26.3. The molecular formula is C20H30N2O4. The van der Waals surface area contributed by atoms with Crippen LogP contribution in [0, 0.1) is 13.8 Å². The fourth-order valence-electron chi connectivity index (χ4n) is 4.04. The predicted octanol–water partition coefficient (Wildman–Crippen LogP) is 1.90. The summed E-state index contributed by atoms with van der Waals surface area (Å²) in [7, 11) is 0. The molecule has 2 N–H and O–H groups in total. The molecule has 2 saturated heterocycles. The molecule has 6 heteroatoms. The highest BCUT2D eigenvalue weighted by molar-refractivity contribution is 5.73. The number of carbonyl (C=O) groups is 1. The molecule has 0 aliphatic carbocycles. The number of phenols is 1. The molecule has 26 heavy (non-hydrogen) atoms. The Labute approximate surface area is 155 Å². The van der Waals surface area contributed by atoms with Crippen LogP contribution in [0.2, 0.25) is 0 Å². The third-order valence-corrected chi connectivity index (χ3v) is 5.49. The number of carbonyl (C=O) groups excluding carboxylic acids is 1. The van der Waals surface area contributed by atoms with Crippen LogP contribution in [0.4, 0.5) is 0 Å². The molecule has 144 valence electrons. The van der Waals surface area contributed by atoms with E-state index in [1.807, 2.05) is 18.7 Å². The third-order valence-electron chi connectivity index (χ3n) is 5.49. The molecule has 1 spiro atoms. The maximum Gasteiger partial charge on any atom is 0.219 e. The van der Waals surface area contributed by atoms with Crippen molar-refractivity contribution in [2.45, 2.75) is 51.9 Å². The lowest BCUT2D eigenvalue weighted by molar-refractivity contribution is -0.133. The van der Waals surface area contributed by atoms with Gasteiger partial charge in [-0.25, -0.2) is 0 Å². The predicted molar refractivity (Wildman–Crippen MR) is 99.2 cm³/mol. The first-order valence-electron chi connectivity index (χ1n) is 9.39. The molecule has 2 atom stereocenters. The maximum atomic E-state index is 11.8. The molecule has 2 heterocycles. The number of aryl methyl sites for hydroxylation is 2. The zero-order valence-electron chi connectivity index (χ0n) is 16.0. The maximum absolute atomic E-state index is 11.8. The average Bonchev–Trinajstić information content (AvgIpc) is 2.82. The van der Waals surface area contributed by atoms with Gasteiger partial charge in [0, 0.05) is 26.6 Å². The summed E-state index contributed by atoms with van der Waals surface area (Å²) in [6.45, 7) is 9.56. The van der Waals surface area contributed by atoms with Crippen LogP contribution in [0.15, 0.2) is 12.1 Å². The highest BCUT2D eigenvalue weighted by atomic mass is 16.6. The van der Waals surface area contributed by atoms with Gasteiger partial charge in [0.2, 0.25) is 5.91 Å². The number of nitrogens with zero attached hydrogens (tertiary/aromatic N) is 1. The van der Waals surface area contributed by atoms with Gasteiger partial charge in [-0.15, -0.1) is 0 Å². The van der Waals surface area contributed by atoms with Crippen LogP contribution >= 0.6 is 0 Å². The summed E-state index contributed by atoms with van der Waals surface area (Å²) in [6.07, 6.45) is 2.01. The Morgan fingerprint density at radius 3 is 2.81 bits per heavy atom. The van der Waals surface area contributed by atoms with E-state index >= 15 is 0 Å². The van der Waals surface area contributed by atoms with Crippen LogP contribution in [0.25, 0.3) is 0 Å². The largest absolute Gasteiger partial charge is 0.508 e. The Balaban J connectivity index is 1.54. The van der Waals surface area contributed by atoms with Gasteiger partial charge in [-0.1, -0.05) is 0 Å². The first-order valence-corrected chi connectivity index (χ1v) is 9.39. The van der Waals surface area contributed by atoms with E-state index in [2.05, 4.69) is 5.32 Å². The number of amides is 1. The van der Waals surface area contributed by atoms with E-state index in [1.54, 1.807) is 19.1 Å². The van der Waals surface area contributed by atoms with Crippen molar-refractivity contribution in [2.24, 2.45) is 0 Å². The lowest BCUT2D eigenvalue weighted by Crippen LogP contribution is -2.46. The topological polar surface area (TPSA) is 71.0 Å². The number of benzene rings is 1. The van der Waals surface area contributed by atoms with Crippen molar-refractivity contribution in [2.75, 3.05) is 32.8 Å². The van der Waals surface area contributed by atoms with Crippen LogP contribution in [-0.2, 0) is 20.8 Å². The summed E-state index contributed by atoms with van der Waals surface area (Å²) < 4.78 is 12.1. The van der Waals surface area contributed by atoms with E-state index in [4.69, 9.17) is 9.47 Å². The second kappa shape index (κ2) is 7.94. The molecule has 0 saturated carbocycles. The van der Waals surface area contributed by atoms with Crippen molar-refractivity contribution < 1.29 is 19.4 Å². The fourth-order valence-corrected chi connectivity index (χ4v) is 4.04. The SMILES string of the molecule is CC(=O)N1CCOC[C@@]2(CC[C@@H](CNCc3c(C)cc(O)cc3C)O2)C1. The number of hydrogen-bond donors (Lipinski definition) is 2. The third kappa shape index (κ3) is 4.37. The number of phenolic OH excluding ortho intramolecular Hbond substituents is 1. The number of rotatable bonds is 4. The molecule has 0 unspecified atom stereocenters. The van der Waals surface area contributed by atoms with Gasteiger partial charge in [0.1, 0.15) is 11.4 Å². The van der Waals surface area contributed by atoms with Crippen molar-refractivity contribution in [3.8, 4) is 5.75 Å². The van der Waals surface area contributed by atoms with Crippen LogP contribution in [0.1, 0.15) is 36.5 Å². The minimum atomic E-state index is -0.362. The summed E-state index contributed by atoms with van der Waals surface area (Å²) in [5.41, 5.74) is 3.04. The Bertz CT molecular complexity index is 640. The molecule has 3 rings (SSSR count). The van der Waals surface area contributed by atoms with Gasteiger partial charge in [0.15, 0.2) is 0 Å². The van der Waals surface area contributed by atoms with Gasteiger partial charge in [0.25, 0.3) is 0 Å². The summed E-state index contributed by atoms with van der Waals surface area (Å²) in [6, 6.07) is 3.59. The highest BCUT2D eigenvalue weighted by Gasteiger charge is 2.43. The average molecular weight is 362 g/mol. The van der Waals surface area contributed by atoms with Crippen molar-refractivity contribution in [1.82, 2.24) is 10.2 Å². The minimum Gasteiger partial charge on any atom is -0.508 e. The van der Waals surface area contributed by atoms with Gasteiger partial charge < -0.3 is 24.8 Å². The van der Waals surface area contributed by atoms with E-state index < -0.39 is 0 Å². The van der Waals surface area contributed by atoms with Gasteiger partial charge in [0.05, 0.1) is 25.9 Å². The second-order valence-corrected chi connectivity index (χ2v) is 7.64. The Morgan fingerprint density at radius 1 is 1.38 bits per heavy atom. The van der Waals surface area contributed by atoms with Gasteiger partial charge in [-0.3, -0.25) is 4.79 Å². The van der Waals surface area contributed by atoms with Gasteiger partial charge >= 0.3 is 0 Å². The Kier molecular flexibility index (Phi) is 5.85. The molecule has 2 aliphatic rings. The monoisotopic (exact) mass is 362 g/mol. The van der Waals surface area contributed by atoms with Gasteiger partial charge in [-0.2, -0.15) is 0 Å². The zero-order valence-corrected chi connectivity index (χ0v) is 16.0.